The van der Waals surface area contributed by atoms with Gasteiger partial charge in [0.1, 0.15) is 0 Å². The van der Waals surface area contributed by atoms with Crippen LogP contribution in [0.4, 0.5) is 23.2 Å². The maximum Gasteiger partial charge on any atom is 0.573 e. The number of benzene rings is 1. The Morgan fingerprint density at radius 2 is 1.93 bits per heavy atom. The molecule has 0 aliphatic rings. The van der Waals surface area contributed by atoms with Crippen molar-refractivity contribution >= 4 is 5.69 Å². The second kappa shape index (κ2) is 3.96. The van der Waals surface area contributed by atoms with Crippen LogP contribution in [0.1, 0.15) is 12.5 Å². The number of aryl methyl sites for hydroxylation is 1. The number of ether oxygens (including phenoxy) is 1. The van der Waals surface area contributed by atoms with E-state index in [1.807, 2.05) is 0 Å². The number of nitrogen functional groups attached to an aromatic ring is 1. The summed E-state index contributed by atoms with van der Waals surface area (Å²) in [5.41, 5.74) is 5.45. The highest BCUT2D eigenvalue weighted by molar-refractivity contribution is 5.49. The monoisotopic (exact) mass is 223 g/mol. The van der Waals surface area contributed by atoms with Gasteiger partial charge in [0.2, 0.25) is 0 Å². The minimum Gasteiger partial charge on any atom is -0.402 e. The summed E-state index contributed by atoms with van der Waals surface area (Å²) in [4.78, 5) is 0. The highest BCUT2D eigenvalue weighted by Gasteiger charge is 2.33. The molecule has 0 heterocycles. The largest absolute Gasteiger partial charge is 0.573 e. The number of rotatable bonds is 2. The average Bonchev–Trinajstić information content (AvgIpc) is 2.07. The molecule has 2 nitrogen and oxygen atoms in total. The van der Waals surface area contributed by atoms with E-state index in [0.29, 0.717) is 0 Å². The first-order valence-electron chi connectivity index (χ1n) is 4.17. The molecule has 0 saturated carbocycles. The van der Waals surface area contributed by atoms with E-state index < -0.39 is 17.9 Å². The van der Waals surface area contributed by atoms with Gasteiger partial charge in [-0.1, -0.05) is 6.92 Å². The lowest BCUT2D eigenvalue weighted by molar-refractivity contribution is -0.275. The Hall–Kier alpha value is -1.46. The molecule has 2 N–H and O–H groups in total. The van der Waals surface area contributed by atoms with E-state index in [0.717, 1.165) is 6.07 Å². The molecule has 6 heteroatoms. The zero-order valence-electron chi connectivity index (χ0n) is 7.86. The van der Waals surface area contributed by atoms with Crippen LogP contribution in [0.3, 0.4) is 0 Å². The van der Waals surface area contributed by atoms with Crippen LogP contribution < -0.4 is 10.5 Å². The van der Waals surface area contributed by atoms with E-state index in [2.05, 4.69) is 4.74 Å². The van der Waals surface area contributed by atoms with Crippen molar-refractivity contribution in [3.8, 4) is 5.75 Å². The predicted octanol–water partition coefficient (Wildman–Crippen LogP) is 2.87. The summed E-state index contributed by atoms with van der Waals surface area (Å²) in [6, 6.07) is 2.05. The number of anilines is 1. The third kappa shape index (κ3) is 3.00. The first-order chi connectivity index (χ1) is 6.83. The van der Waals surface area contributed by atoms with Crippen molar-refractivity contribution in [2.45, 2.75) is 19.7 Å². The Labute approximate surface area is 83.6 Å². The second-order valence-electron chi connectivity index (χ2n) is 2.89. The number of alkyl halides is 3. The zero-order valence-corrected chi connectivity index (χ0v) is 7.86. The van der Waals surface area contributed by atoms with Gasteiger partial charge in [0, 0.05) is 11.8 Å². The van der Waals surface area contributed by atoms with Gasteiger partial charge in [-0.2, -0.15) is 0 Å². The summed E-state index contributed by atoms with van der Waals surface area (Å²) in [5.74, 6) is -1.91. The van der Waals surface area contributed by atoms with Gasteiger partial charge in [0.25, 0.3) is 0 Å². The van der Waals surface area contributed by atoms with Gasteiger partial charge in [-0.15, -0.1) is 13.2 Å². The SMILES string of the molecule is CCc1cc(N)cc(F)c1OC(F)(F)F. The van der Waals surface area contributed by atoms with Crippen LogP contribution in [-0.2, 0) is 6.42 Å². The molecule has 0 amide bonds. The molecule has 84 valence electrons. The van der Waals surface area contributed by atoms with Gasteiger partial charge in [-0.25, -0.2) is 4.39 Å². The van der Waals surface area contributed by atoms with Crippen molar-refractivity contribution < 1.29 is 22.3 Å². The predicted molar refractivity (Wildman–Crippen MR) is 46.9 cm³/mol. The van der Waals surface area contributed by atoms with Crippen LogP contribution in [0.5, 0.6) is 5.75 Å². The van der Waals surface area contributed by atoms with Crippen LogP contribution in [0, 0.1) is 5.82 Å². The number of hydrogen-bond acceptors (Lipinski definition) is 2. The molecule has 15 heavy (non-hydrogen) atoms. The van der Waals surface area contributed by atoms with Crippen LogP contribution in [-0.4, -0.2) is 6.36 Å². The molecule has 0 aliphatic carbocycles. The average molecular weight is 223 g/mol. The van der Waals surface area contributed by atoms with Gasteiger partial charge in [-0.3, -0.25) is 0 Å². The fourth-order valence-electron chi connectivity index (χ4n) is 1.17. The molecule has 0 aliphatic heterocycles. The van der Waals surface area contributed by atoms with Crippen LogP contribution in [0.15, 0.2) is 12.1 Å². The maximum absolute atomic E-state index is 13.1. The van der Waals surface area contributed by atoms with Gasteiger partial charge >= 0.3 is 6.36 Å². The molecule has 0 saturated heterocycles. The second-order valence-corrected chi connectivity index (χ2v) is 2.89. The van der Waals surface area contributed by atoms with Crippen LogP contribution >= 0.6 is 0 Å². The first kappa shape index (κ1) is 11.6. The van der Waals surface area contributed by atoms with Crippen molar-refractivity contribution in [2.24, 2.45) is 0 Å². The number of hydrogen-bond donors (Lipinski definition) is 1. The fraction of sp³-hybridized carbons (Fsp3) is 0.333. The molecule has 0 unspecified atom stereocenters. The Morgan fingerprint density at radius 3 is 2.40 bits per heavy atom. The van der Waals surface area contributed by atoms with Crippen molar-refractivity contribution in [2.75, 3.05) is 5.73 Å². The zero-order chi connectivity index (χ0) is 11.6. The van der Waals surface area contributed by atoms with Crippen LogP contribution in [0.25, 0.3) is 0 Å². The smallest absolute Gasteiger partial charge is 0.402 e. The molecule has 0 fully saturated rings. The molecule has 0 bridgehead atoms. The van der Waals surface area contributed by atoms with E-state index in [9.17, 15) is 17.6 Å². The van der Waals surface area contributed by atoms with Crippen molar-refractivity contribution in [3.05, 3.63) is 23.5 Å². The molecule has 0 radical (unpaired) electrons. The lowest BCUT2D eigenvalue weighted by atomic mass is 10.1. The van der Waals surface area contributed by atoms with E-state index in [1.54, 1.807) is 6.92 Å². The van der Waals surface area contributed by atoms with Crippen LogP contribution in [0.2, 0.25) is 0 Å². The minimum atomic E-state index is -4.90. The fourth-order valence-corrected chi connectivity index (χ4v) is 1.17. The third-order valence-electron chi connectivity index (χ3n) is 1.74. The van der Waals surface area contributed by atoms with Gasteiger partial charge in [-0.05, 0) is 18.1 Å². The third-order valence-corrected chi connectivity index (χ3v) is 1.74. The Kier molecular flexibility index (Phi) is 3.06. The highest BCUT2D eigenvalue weighted by atomic mass is 19.4. The first-order valence-corrected chi connectivity index (χ1v) is 4.17. The topological polar surface area (TPSA) is 35.2 Å². The molecule has 0 atom stereocenters. The minimum absolute atomic E-state index is 0.0684. The molecule has 0 spiro atoms. The molecule has 1 rings (SSSR count). The van der Waals surface area contributed by atoms with Gasteiger partial charge in [0.05, 0.1) is 0 Å². The summed E-state index contributed by atoms with van der Waals surface area (Å²) in [5, 5.41) is 0. The van der Waals surface area contributed by atoms with E-state index >= 15 is 0 Å². The van der Waals surface area contributed by atoms with Crippen molar-refractivity contribution in [1.82, 2.24) is 0 Å². The van der Waals surface area contributed by atoms with Gasteiger partial charge < -0.3 is 10.5 Å². The molecule has 1 aromatic carbocycles. The summed E-state index contributed by atoms with van der Waals surface area (Å²) in [6.07, 6.45) is -4.70. The number of halogens is 4. The Balaban J connectivity index is 3.15. The van der Waals surface area contributed by atoms with E-state index in [4.69, 9.17) is 5.73 Å². The summed E-state index contributed by atoms with van der Waals surface area (Å²) in [7, 11) is 0. The van der Waals surface area contributed by atoms with Gasteiger partial charge in [0.15, 0.2) is 11.6 Å². The molecular weight excluding hydrogens is 214 g/mol. The molecular formula is C9H9F4NO. The lowest BCUT2D eigenvalue weighted by Crippen LogP contribution is -2.19. The quantitative estimate of drug-likeness (QED) is 0.618. The number of nitrogens with two attached hydrogens (primary N) is 1. The Bertz CT molecular complexity index is 362. The van der Waals surface area contributed by atoms with E-state index in [1.165, 1.54) is 6.07 Å². The normalized spacial score (nSPS) is 11.5. The van der Waals surface area contributed by atoms with E-state index in [-0.39, 0.29) is 17.7 Å². The lowest BCUT2D eigenvalue weighted by Gasteiger charge is -2.13. The summed E-state index contributed by atoms with van der Waals surface area (Å²) < 4.78 is 52.5. The maximum atomic E-state index is 13.1. The molecule has 1 aromatic rings. The molecule has 0 aromatic heterocycles. The van der Waals surface area contributed by atoms with Crippen molar-refractivity contribution in [3.63, 3.8) is 0 Å². The van der Waals surface area contributed by atoms with Crippen molar-refractivity contribution in [1.29, 1.82) is 0 Å². The Morgan fingerprint density at radius 1 is 1.33 bits per heavy atom. The summed E-state index contributed by atoms with van der Waals surface area (Å²) in [6.45, 7) is 1.58. The standard InChI is InChI=1S/C9H9F4NO/c1-2-5-3-6(14)4-7(10)8(5)15-9(11,12)13/h3-4H,2,14H2,1H3. The highest BCUT2D eigenvalue weighted by Crippen LogP contribution is 2.31. The summed E-state index contributed by atoms with van der Waals surface area (Å²) >= 11 is 0.